The van der Waals surface area contributed by atoms with Crippen LogP contribution in [0.1, 0.15) is 0 Å². The number of hydrogen-bond donors (Lipinski definition) is 2. The lowest BCUT2D eigenvalue weighted by molar-refractivity contribution is -0.765. The maximum atomic E-state index is 9.42. The van der Waals surface area contributed by atoms with Gasteiger partial charge in [-0.1, -0.05) is 6.58 Å². The van der Waals surface area contributed by atoms with Crippen LogP contribution < -0.4 is 5.73 Å². The fourth-order valence-electron chi connectivity index (χ4n) is 0.142. The molecule has 0 rings (SSSR count). The number of rotatable bonds is 3. The van der Waals surface area contributed by atoms with E-state index in [2.05, 4.69) is 11.4 Å². The summed E-state index contributed by atoms with van der Waals surface area (Å²) in [6.45, 7) is 3.16. The van der Waals surface area contributed by atoms with E-state index in [-0.39, 0.29) is 0 Å². The summed E-state index contributed by atoms with van der Waals surface area (Å²) in [5, 5.41) is 22.1. The first kappa shape index (κ1) is 12.7. The predicted octanol–water partition coefficient (Wildman–Crippen LogP) is -0.682. The SMILES string of the molecule is C=CC(N)O[N+](=O)[O-].O=[N+]([O-])O. The Morgan fingerprint density at radius 1 is 1.58 bits per heavy atom. The van der Waals surface area contributed by atoms with Crippen molar-refractivity contribution in [3.05, 3.63) is 32.9 Å². The fraction of sp³-hybridized carbons (Fsp3) is 0.333. The third kappa shape index (κ3) is 24.3. The van der Waals surface area contributed by atoms with Gasteiger partial charge in [-0.25, -0.2) is 0 Å². The van der Waals surface area contributed by atoms with Gasteiger partial charge in [0.1, 0.15) is 0 Å². The maximum absolute atomic E-state index is 9.42. The predicted molar refractivity (Wildman–Crippen MR) is 35.0 cm³/mol. The normalized spacial score (nSPS) is 10.1. The molecule has 0 aromatic rings. The lowest BCUT2D eigenvalue weighted by atomic mass is 10.6. The first-order valence-corrected chi connectivity index (χ1v) is 2.42. The lowest BCUT2D eigenvalue weighted by Gasteiger charge is -1.99. The minimum absolute atomic E-state index is 0.966. The van der Waals surface area contributed by atoms with Gasteiger partial charge < -0.3 is 10.9 Å². The summed E-state index contributed by atoms with van der Waals surface area (Å²) in [5.74, 6) is 0. The van der Waals surface area contributed by atoms with Crippen LogP contribution in [0.2, 0.25) is 0 Å². The molecule has 1 unspecified atom stereocenters. The highest BCUT2D eigenvalue weighted by atomic mass is 17.0. The zero-order valence-corrected chi connectivity index (χ0v) is 5.82. The van der Waals surface area contributed by atoms with Crippen LogP contribution in [0.25, 0.3) is 0 Å². The molecule has 0 amide bonds. The third-order valence-electron chi connectivity index (χ3n) is 0.440. The molecule has 0 saturated carbocycles. The summed E-state index contributed by atoms with van der Waals surface area (Å²) in [6.07, 6.45) is 0.119. The Bertz CT molecular complexity index is 165. The minimum Gasteiger partial charge on any atom is -0.328 e. The molecule has 0 aromatic heterocycles. The number of nitrogens with zero attached hydrogens (tertiary/aromatic N) is 2. The Morgan fingerprint density at radius 2 is 1.92 bits per heavy atom. The van der Waals surface area contributed by atoms with Gasteiger partial charge in [0.25, 0.3) is 10.2 Å². The van der Waals surface area contributed by atoms with Crippen LogP contribution >= 0.6 is 0 Å². The van der Waals surface area contributed by atoms with Gasteiger partial charge in [-0.2, -0.15) is 0 Å². The second-order valence-corrected chi connectivity index (χ2v) is 1.27. The highest BCUT2D eigenvalue weighted by Gasteiger charge is 1.98. The summed E-state index contributed by atoms with van der Waals surface area (Å²) in [5.41, 5.74) is 4.89. The molecule has 12 heavy (non-hydrogen) atoms. The quantitative estimate of drug-likeness (QED) is 0.254. The number of hydrogen-bond acceptors (Lipinski definition) is 6. The van der Waals surface area contributed by atoms with Crippen LogP contribution in [0.15, 0.2) is 12.7 Å². The van der Waals surface area contributed by atoms with Crippen molar-refractivity contribution < 1.29 is 20.2 Å². The van der Waals surface area contributed by atoms with E-state index in [1.807, 2.05) is 0 Å². The molecule has 70 valence electrons. The van der Waals surface area contributed by atoms with Gasteiger partial charge >= 0.3 is 0 Å². The summed E-state index contributed by atoms with van der Waals surface area (Å²) in [4.78, 5) is 21.6. The topological polar surface area (TPSA) is 142 Å². The van der Waals surface area contributed by atoms with Gasteiger partial charge in [0.05, 0.1) is 0 Å². The second-order valence-electron chi connectivity index (χ2n) is 1.27. The van der Waals surface area contributed by atoms with E-state index in [0.717, 1.165) is 6.08 Å². The largest absolute Gasteiger partial charge is 0.328 e. The Morgan fingerprint density at radius 3 is 2.00 bits per heavy atom. The third-order valence-corrected chi connectivity index (χ3v) is 0.440. The summed E-state index contributed by atoms with van der Waals surface area (Å²) < 4.78 is 0. The van der Waals surface area contributed by atoms with Crippen LogP contribution in [0.4, 0.5) is 0 Å². The molecule has 0 heterocycles. The van der Waals surface area contributed by atoms with Crippen molar-refractivity contribution in [1.29, 1.82) is 0 Å². The maximum Gasteiger partial charge on any atom is 0.296 e. The first-order valence-electron chi connectivity index (χ1n) is 2.42. The Kier molecular flexibility index (Phi) is 7.66. The summed E-state index contributed by atoms with van der Waals surface area (Å²) >= 11 is 0. The average molecular weight is 181 g/mol. The minimum atomic E-state index is -1.50. The van der Waals surface area contributed by atoms with Crippen LogP contribution in [0.3, 0.4) is 0 Å². The summed E-state index contributed by atoms with van der Waals surface area (Å²) in [6, 6.07) is 0. The molecule has 9 nitrogen and oxygen atoms in total. The number of nitrogens with two attached hydrogens (primary N) is 1. The lowest BCUT2D eigenvalue weighted by Crippen LogP contribution is -2.23. The first-order chi connectivity index (χ1) is 5.40. The molecule has 0 aliphatic rings. The summed E-state index contributed by atoms with van der Waals surface area (Å²) in [7, 11) is 0. The van der Waals surface area contributed by atoms with Crippen molar-refractivity contribution in [2.45, 2.75) is 6.23 Å². The monoisotopic (exact) mass is 181 g/mol. The van der Waals surface area contributed by atoms with Gasteiger partial charge in [0.2, 0.25) is 0 Å². The second kappa shape index (κ2) is 7.21. The zero-order valence-electron chi connectivity index (χ0n) is 5.82. The molecule has 3 N–H and O–H groups in total. The molecule has 0 radical (unpaired) electrons. The Labute approximate surface area is 66.2 Å². The van der Waals surface area contributed by atoms with Gasteiger partial charge in [-0.15, -0.1) is 20.2 Å². The molecule has 0 aliphatic carbocycles. The Hall–Kier alpha value is -1.90. The van der Waals surface area contributed by atoms with Crippen molar-refractivity contribution in [3.63, 3.8) is 0 Å². The van der Waals surface area contributed by atoms with Crippen LogP contribution in [0.5, 0.6) is 0 Å². The standard InChI is InChI=1S/C3H6N2O3.HNO3/c1-2-3(4)8-5(6)7;2-1(3)4/h2-3H,1,4H2;(H,2,3,4). The van der Waals surface area contributed by atoms with Gasteiger partial charge in [0, 0.05) is 0 Å². The molecule has 1 atom stereocenters. The molecule has 0 aromatic carbocycles. The van der Waals surface area contributed by atoms with E-state index in [4.69, 9.17) is 21.1 Å². The van der Waals surface area contributed by atoms with Crippen LogP contribution in [-0.4, -0.2) is 21.6 Å². The molecule has 9 heteroatoms. The molecular formula is C3H7N3O6. The van der Waals surface area contributed by atoms with Crippen molar-refractivity contribution in [2.75, 3.05) is 0 Å². The van der Waals surface area contributed by atoms with E-state index in [9.17, 15) is 10.1 Å². The molecule has 0 fully saturated rings. The molecule has 0 bridgehead atoms. The molecular weight excluding hydrogens is 174 g/mol. The molecule has 0 spiro atoms. The zero-order chi connectivity index (χ0) is 10.1. The van der Waals surface area contributed by atoms with E-state index in [1.54, 1.807) is 0 Å². The van der Waals surface area contributed by atoms with Crippen LogP contribution in [0, 0.1) is 20.2 Å². The smallest absolute Gasteiger partial charge is 0.296 e. The van der Waals surface area contributed by atoms with Gasteiger partial charge in [-0.05, 0) is 6.08 Å². The van der Waals surface area contributed by atoms with E-state index in [0.29, 0.717) is 0 Å². The van der Waals surface area contributed by atoms with E-state index >= 15 is 0 Å². The molecule has 0 saturated heterocycles. The van der Waals surface area contributed by atoms with Crippen molar-refractivity contribution in [3.8, 4) is 0 Å². The van der Waals surface area contributed by atoms with E-state index in [1.165, 1.54) is 0 Å². The fourth-order valence-corrected chi connectivity index (χ4v) is 0.142. The highest BCUT2D eigenvalue weighted by molar-refractivity contribution is 4.72. The molecule has 0 aliphatic heterocycles. The van der Waals surface area contributed by atoms with E-state index < -0.39 is 16.4 Å². The van der Waals surface area contributed by atoms with Gasteiger partial charge in [0.15, 0.2) is 6.23 Å². The van der Waals surface area contributed by atoms with Gasteiger partial charge in [-0.3, -0.25) is 4.84 Å². The average Bonchev–Trinajstić information content (AvgIpc) is 1.84. The highest BCUT2D eigenvalue weighted by Crippen LogP contribution is 1.81. The van der Waals surface area contributed by atoms with Crippen molar-refractivity contribution >= 4 is 0 Å². The Balaban J connectivity index is 0. The van der Waals surface area contributed by atoms with Crippen molar-refractivity contribution in [2.24, 2.45) is 5.73 Å². The van der Waals surface area contributed by atoms with Crippen LogP contribution in [-0.2, 0) is 4.84 Å². The van der Waals surface area contributed by atoms with Crippen molar-refractivity contribution in [1.82, 2.24) is 0 Å².